The number of benzene rings is 3. The molecule has 0 atom stereocenters. The van der Waals surface area contributed by atoms with Gasteiger partial charge in [-0.25, -0.2) is 13.6 Å². The molecule has 1 aliphatic rings. The quantitative estimate of drug-likeness (QED) is 0.176. The van der Waals surface area contributed by atoms with Crippen molar-refractivity contribution in [3.8, 4) is 22.3 Å². The highest BCUT2D eigenvalue weighted by Gasteiger charge is 2.23. The van der Waals surface area contributed by atoms with E-state index in [4.69, 9.17) is 4.74 Å². The predicted octanol–water partition coefficient (Wildman–Crippen LogP) is 7.33. The number of piperidine rings is 1. The molecule has 0 bridgehead atoms. The van der Waals surface area contributed by atoms with Crippen molar-refractivity contribution < 1.29 is 27.9 Å². The minimum absolute atomic E-state index is 0.0737. The summed E-state index contributed by atoms with van der Waals surface area (Å²) >= 11 is 0. The summed E-state index contributed by atoms with van der Waals surface area (Å²) in [6.07, 6.45) is 3.61. The molecule has 47 heavy (non-hydrogen) atoms. The van der Waals surface area contributed by atoms with Gasteiger partial charge in [-0.1, -0.05) is 24.3 Å². The smallest absolute Gasteiger partial charge is 0.407 e. The first-order valence-electron chi connectivity index (χ1n) is 15.9. The van der Waals surface area contributed by atoms with Crippen molar-refractivity contribution in [3.63, 3.8) is 0 Å². The minimum Gasteiger partial charge on any atom is -0.444 e. The van der Waals surface area contributed by atoms with Crippen LogP contribution in [0.15, 0.2) is 66.9 Å². The lowest BCUT2D eigenvalue weighted by molar-refractivity contribution is -0.121. The molecule has 3 aromatic carbocycles. The van der Waals surface area contributed by atoms with Crippen LogP contribution in [0, 0.1) is 11.6 Å². The molecule has 1 aromatic heterocycles. The van der Waals surface area contributed by atoms with Gasteiger partial charge in [0.2, 0.25) is 5.91 Å². The number of ketones is 1. The Morgan fingerprint density at radius 1 is 0.894 bits per heavy atom. The third-order valence-corrected chi connectivity index (χ3v) is 7.90. The van der Waals surface area contributed by atoms with Crippen LogP contribution in [-0.4, -0.2) is 48.0 Å². The van der Waals surface area contributed by atoms with Gasteiger partial charge in [0, 0.05) is 68.7 Å². The molecule has 4 aromatic rings. The Kier molecular flexibility index (Phi) is 10.5. The van der Waals surface area contributed by atoms with Gasteiger partial charge < -0.3 is 20.3 Å². The van der Waals surface area contributed by atoms with Gasteiger partial charge in [0.1, 0.15) is 23.0 Å². The first-order chi connectivity index (χ1) is 22.4. The standard InChI is InChI=1S/C37H40F2N4O4/c1-37(2,3)47-36(46)40-14-5-4-9-34(45)42-22-24-7-6-8-25(17-24)26-10-11-33-31(20-26)35(43-15-12-30(44)13-16-43)32(23-41-33)27-18-28(38)21-29(39)19-27/h6-8,10-11,17-21,23H,4-5,9,12-16,22H2,1-3H3,(H,40,46)(H,42,45). The molecule has 2 heterocycles. The summed E-state index contributed by atoms with van der Waals surface area (Å²) in [6, 6.07) is 17.3. The van der Waals surface area contributed by atoms with E-state index in [2.05, 4.69) is 20.5 Å². The third-order valence-electron chi connectivity index (χ3n) is 7.90. The Bertz CT molecular complexity index is 1760. The number of Topliss-reactive ketones (excluding diaryl/α,β-unsaturated/α-hetero) is 1. The van der Waals surface area contributed by atoms with Crippen LogP contribution in [0.5, 0.6) is 0 Å². The Morgan fingerprint density at radius 2 is 1.62 bits per heavy atom. The van der Waals surface area contributed by atoms with Crippen LogP contribution < -0.4 is 15.5 Å². The molecule has 8 nitrogen and oxygen atoms in total. The molecule has 2 N–H and O–H groups in total. The van der Waals surface area contributed by atoms with Crippen molar-refractivity contribution in [2.45, 2.75) is 65.0 Å². The maximum absolute atomic E-state index is 14.3. The second kappa shape index (κ2) is 14.7. The second-order valence-electron chi connectivity index (χ2n) is 12.8. The Morgan fingerprint density at radius 3 is 2.34 bits per heavy atom. The Hall–Kier alpha value is -4.86. The molecule has 1 aliphatic heterocycles. The van der Waals surface area contributed by atoms with E-state index in [-0.39, 0.29) is 11.7 Å². The number of nitrogens with one attached hydrogen (secondary N) is 2. The zero-order valence-corrected chi connectivity index (χ0v) is 27.0. The van der Waals surface area contributed by atoms with Crippen molar-refractivity contribution in [2.24, 2.45) is 0 Å². The van der Waals surface area contributed by atoms with Gasteiger partial charge in [-0.3, -0.25) is 14.6 Å². The number of ether oxygens (including phenoxy) is 1. The van der Waals surface area contributed by atoms with Crippen molar-refractivity contribution >= 4 is 34.4 Å². The number of carbonyl (C=O) groups excluding carboxylic acids is 3. The fraction of sp³-hybridized carbons (Fsp3) is 0.351. The van der Waals surface area contributed by atoms with Crippen molar-refractivity contribution in [1.82, 2.24) is 15.6 Å². The molecular formula is C37H40F2N4O4. The number of carbonyl (C=O) groups is 3. The van der Waals surface area contributed by atoms with Gasteiger partial charge in [-0.2, -0.15) is 0 Å². The van der Waals surface area contributed by atoms with E-state index < -0.39 is 23.3 Å². The van der Waals surface area contributed by atoms with E-state index in [9.17, 15) is 23.2 Å². The van der Waals surface area contributed by atoms with E-state index in [0.717, 1.165) is 39.3 Å². The van der Waals surface area contributed by atoms with Crippen LogP contribution in [0.1, 0.15) is 58.4 Å². The summed E-state index contributed by atoms with van der Waals surface area (Å²) in [5, 5.41) is 6.49. The highest BCUT2D eigenvalue weighted by molar-refractivity contribution is 6.02. The summed E-state index contributed by atoms with van der Waals surface area (Å²) in [6.45, 7) is 7.21. The average Bonchev–Trinajstić information content (AvgIpc) is 3.02. The number of pyridine rings is 1. The van der Waals surface area contributed by atoms with Gasteiger partial charge in [0.25, 0.3) is 0 Å². The summed E-state index contributed by atoms with van der Waals surface area (Å²) in [5.41, 5.74) is 4.73. The number of fused-ring (bicyclic) bond motifs is 1. The van der Waals surface area contributed by atoms with Crippen LogP contribution in [0.2, 0.25) is 0 Å². The molecule has 0 unspecified atom stereocenters. The number of hydrogen-bond donors (Lipinski definition) is 2. The molecule has 246 valence electrons. The highest BCUT2D eigenvalue weighted by atomic mass is 19.1. The molecule has 2 amide bonds. The van der Waals surface area contributed by atoms with Crippen molar-refractivity contribution in [1.29, 1.82) is 0 Å². The molecule has 0 spiro atoms. The van der Waals surface area contributed by atoms with E-state index in [1.807, 2.05) is 42.5 Å². The lowest BCUT2D eigenvalue weighted by atomic mass is 9.96. The molecule has 0 radical (unpaired) electrons. The van der Waals surface area contributed by atoms with Gasteiger partial charge in [0.15, 0.2) is 0 Å². The number of rotatable bonds is 10. The lowest BCUT2D eigenvalue weighted by Gasteiger charge is -2.31. The average molecular weight is 643 g/mol. The van der Waals surface area contributed by atoms with Crippen LogP contribution in [0.4, 0.5) is 19.3 Å². The van der Waals surface area contributed by atoms with Crippen LogP contribution >= 0.6 is 0 Å². The zero-order valence-electron chi connectivity index (χ0n) is 27.0. The number of anilines is 1. The number of halogens is 2. The van der Waals surface area contributed by atoms with Gasteiger partial charge in [0.05, 0.1) is 11.2 Å². The van der Waals surface area contributed by atoms with Gasteiger partial charge in [-0.05, 0) is 86.2 Å². The zero-order chi connectivity index (χ0) is 33.6. The van der Waals surface area contributed by atoms with E-state index in [1.54, 1.807) is 27.0 Å². The van der Waals surface area contributed by atoms with E-state index in [0.29, 0.717) is 69.4 Å². The van der Waals surface area contributed by atoms with Crippen molar-refractivity contribution in [2.75, 3.05) is 24.5 Å². The van der Waals surface area contributed by atoms with E-state index in [1.165, 1.54) is 12.1 Å². The van der Waals surface area contributed by atoms with Crippen LogP contribution in [0.25, 0.3) is 33.2 Å². The third kappa shape index (κ3) is 9.12. The molecule has 0 saturated carbocycles. The molecule has 0 aliphatic carbocycles. The fourth-order valence-corrected chi connectivity index (χ4v) is 5.66. The monoisotopic (exact) mass is 642 g/mol. The summed E-state index contributed by atoms with van der Waals surface area (Å²) in [5.74, 6) is -1.23. The summed E-state index contributed by atoms with van der Waals surface area (Å²) in [4.78, 5) is 43.1. The first kappa shape index (κ1) is 33.5. The maximum atomic E-state index is 14.3. The Labute approximate surface area is 273 Å². The highest BCUT2D eigenvalue weighted by Crippen LogP contribution is 2.39. The predicted molar refractivity (Wildman–Crippen MR) is 179 cm³/mol. The minimum atomic E-state index is -0.673. The van der Waals surface area contributed by atoms with Crippen LogP contribution in [0.3, 0.4) is 0 Å². The van der Waals surface area contributed by atoms with Crippen LogP contribution in [-0.2, 0) is 20.9 Å². The second-order valence-corrected chi connectivity index (χ2v) is 12.8. The molecule has 10 heteroatoms. The maximum Gasteiger partial charge on any atom is 0.407 e. The topological polar surface area (TPSA) is 101 Å². The lowest BCUT2D eigenvalue weighted by Crippen LogP contribution is -2.34. The number of aromatic nitrogens is 1. The molecule has 1 saturated heterocycles. The number of unbranched alkanes of at least 4 members (excludes halogenated alkanes) is 1. The largest absolute Gasteiger partial charge is 0.444 e. The number of amides is 2. The number of nitrogens with zero attached hydrogens (tertiary/aromatic N) is 2. The van der Waals surface area contributed by atoms with Crippen molar-refractivity contribution in [3.05, 3.63) is 84.1 Å². The summed E-state index contributed by atoms with van der Waals surface area (Å²) < 4.78 is 33.8. The Balaban J connectivity index is 1.30. The van der Waals surface area contributed by atoms with Gasteiger partial charge in [-0.15, -0.1) is 0 Å². The van der Waals surface area contributed by atoms with E-state index >= 15 is 0 Å². The van der Waals surface area contributed by atoms with Gasteiger partial charge >= 0.3 is 6.09 Å². The summed E-state index contributed by atoms with van der Waals surface area (Å²) in [7, 11) is 0. The first-order valence-corrected chi connectivity index (χ1v) is 15.9. The molecule has 1 fully saturated rings. The number of hydrogen-bond acceptors (Lipinski definition) is 6. The molecular weight excluding hydrogens is 602 g/mol. The molecule has 5 rings (SSSR count). The normalized spacial score (nSPS) is 13.5. The fourth-order valence-electron chi connectivity index (χ4n) is 5.66. The number of alkyl carbamates (subject to hydrolysis) is 1. The SMILES string of the molecule is CC(C)(C)OC(=O)NCCCCC(=O)NCc1cccc(-c2ccc3ncc(-c4cc(F)cc(F)c4)c(N4CCC(=O)CC4)c3c2)c1.